The molecular formula is C32H30N4O2S. The van der Waals surface area contributed by atoms with Crippen LogP contribution in [0.1, 0.15) is 43.3 Å². The normalized spacial score (nSPS) is 19.3. The van der Waals surface area contributed by atoms with Crippen molar-refractivity contribution in [3.63, 3.8) is 0 Å². The van der Waals surface area contributed by atoms with Gasteiger partial charge in [0.15, 0.2) is 0 Å². The molecule has 39 heavy (non-hydrogen) atoms. The van der Waals surface area contributed by atoms with Gasteiger partial charge < -0.3 is 4.90 Å². The van der Waals surface area contributed by atoms with E-state index >= 15 is 0 Å². The minimum atomic E-state index is -0.229. The SMILES string of the molecule is O=C1c2cccc(N3CCN(C4CCc5ccccc5C4)CC3)c2C(=O)N1Cc1nc(-c2ccccc2)cs1. The minimum absolute atomic E-state index is 0.195. The van der Waals surface area contributed by atoms with Gasteiger partial charge in [0, 0.05) is 43.2 Å². The van der Waals surface area contributed by atoms with Crippen molar-refractivity contribution in [3.05, 3.63) is 105 Å². The second-order valence-corrected chi connectivity index (χ2v) is 11.5. The number of aryl methyl sites for hydroxylation is 1. The molecule has 2 aliphatic heterocycles. The first-order valence-corrected chi connectivity index (χ1v) is 14.6. The molecule has 1 atom stereocenters. The van der Waals surface area contributed by atoms with Crippen molar-refractivity contribution in [1.29, 1.82) is 0 Å². The fraction of sp³-hybridized carbons (Fsp3) is 0.281. The molecule has 3 aromatic carbocycles. The van der Waals surface area contributed by atoms with Crippen LogP contribution in [0.5, 0.6) is 0 Å². The van der Waals surface area contributed by atoms with Crippen molar-refractivity contribution < 1.29 is 9.59 Å². The maximum Gasteiger partial charge on any atom is 0.264 e. The highest BCUT2D eigenvalue weighted by atomic mass is 32.1. The first-order chi connectivity index (χ1) is 19.2. The molecule has 1 fully saturated rings. The molecule has 1 aliphatic carbocycles. The third-order valence-electron chi connectivity index (χ3n) is 8.38. The zero-order chi connectivity index (χ0) is 26.3. The smallest absolute Gasteiger partial charge is 0.264 e. The molecule has 0 bridgehead atoms. The van der Waals surface area contributed by atoms with Crippen molar-refractivity contribution in [2.75, 3.05) is 31.1 Å². The Bertz CT molecular complexity index is 1540. The molecule has 7 rings (SSSR count). The molecule has 1 unspecified atom stereocenters. The van der Waals surface area contributed by atoms with Crippen LogP contribution in [0, 0.1) is 0 Å². The van der Waals surface area contributed by atoms with Crippen LogP contribution in [-0.4, -0.2) is 58.8 Å². The van der Waals surface area contributed by atoms with Gasteiger partial charge in [0.2, 0.25) is 0 Å². The van der Waals surface area contributed by atoms with Crippen LogP contribution in [0.15, 0.2) is 78.2 Å². The van der Waals surface area contributed by atoms with E-state index in [1.165, 1.54) is 33.8 Å². The van der Waals surface area contributed by atoms with Gasteiger partial charge in [-0.2, -0.15) is 0 Å². The molecule has 4 aromatic rings. The number of carbonyl (C=O) groups excluding carboxylic acids is 2. The molecule has 0 radical (unpaired) electrons. The van der Waals surface area contributed by atoms with Crippen molar-refractivity contribution in [3.8, 4) is 11.3 Å². The van der Waals surface area contributed by atoms with Gasteiger partial charge in [0.1, 0.15) is 5.01 Å². The topological polar surface area (TPSA) is 56.8 Å². The fourth-order valence-corrected chi connectivity index (χ4v) is 7.09. The minimum Gasteiger partial charge on any atom is -0.368 e. The number of rotatable bonds is 5. The van der Waals surface area contributed by atoms with Gasteiger partial charge in [-0.05, 0) is 42.5 Å². The lowest BCUT2D eigenvalue weighted by Gasteiger charge is -2.42. The van der Waals surface area contributed by atoms with Crippen molar-refractivity contribution in [2.24, 2.45) is 0 Å². The molecule has 0 spiro atoms. The van der Waals surface area contributed by atoms with Gasteiger partial charge in [-0.25, -0.2) is 4.98 Å². The zero-order valence-electron chi connectivity index (χ0n) is 21.8. The number of carbonyl (C=O) groups is 2. The van der Waals surface area contributed by atoms with Crippen LogP contribution in [0.4, 0.5) is 5.69 Å². The Morgan fingerprint density at radius 2 is 1.59 bits per heavy atom. The third-order valence-corrected chi connectivity index (χ3v) is 9.22. The summed E-state index contributed by atoms with van der Waals surface area (Å²) in [6.07, 6.45) is 3.45. The van der Waals surface area contributed by atoms with Crippen LogP contribution >= 0.6 is 11.3 Å². The van der Waals surface area contributed by atoms with E-state index in [0.29, 0.717) is 17.2 Å². The number of imide groups is 1. The maximum absolute atomic E-state index is 13.6. The zero-order valence-corrected chi connectivity index (χ0v) is 22.6. The van der Waals surface area contributed by atoms with Crippen molar-refractivity contribution in [2.45, 2.75) is 31.8 Å². The van der Waals surface area contributed by atoms with E-state index in [1.807, 2.05) is 47.8 Å². The van der Waals surface area contributed by atoms with E-state index in [2.05, 4.69) is 34.1 Å². The summed E-state index contributed by atoms with van der Waals surface area (Å²) in [5.74, 6) is -0.443. The van der Waals surface area contributed by atoms with Gasteiger partial charge in [0.05, 0.1) is 29.1 Å². The van der Waals surface area contributed by atoms with Crippen LogP contribution in [0.25, 0.3) is 11.3 Å². The predicted molar refractivity (Wildman–Crippen MR) is 154 cm³/mol. The molecule has 2 amide bonds. The summed E-state index contributed by atoms with van der Waals surface area (Å²) < 4.78 is 0. The Hall–Kier alpha value is -3.81. The number of nitrogens with zero attached hydrogens (tertiary/aromatic N) is 4. The van der Waals surface area contributed by atoms with Crippen molar-refractivity contribution >= 4 is 28.8 Å². The highest BCUT2D eigenvalue weighted by Gasteiger charge is 2.39. The van der Waals surface area contributed by atoms with Gasteiger partial charge in [-0.15, -0.1) is 11.3 Å². The molecule has 1 aromatic heterocycles. The highest BCUT2D eigenvalue weighted by molar-refractivity contribution is 7.10. The van der Waals surface area contributed by atoms with Gasteiger partial charge in [-0.1, -0.05) is 60.7 Å². The standard InChI is InChI=1S/C32H30N4O2S/c37-31-26-11-6-12-28(35-17-15-34(16-18-35)25-14-13-22-7-4-5-10-24(22)19-25)30(26)32(38)36(31)20-29-33-27(21-39-29)23-8-2-1-3-9-23/h1-12,21,25H,13-20H2. The van der Waals surface area contributed by atoms with Crippen LogP contribution < -0.4 is 4.90 Å². The molecular weight excluding hydrogens is 504 g/mol. The number of anilines is 1. The maximum atomic E-state index is 13.6. The quantitative estimate of drug-likeness (QED) is 0.326. The Labute approximate surface area is 232 Å². The third kappa shape index (κ3) is 4.45. The Kier molecular flexibility index (Phi) is 6.25. The molecule has 1 saturated heterocycles. The first kappa shape index (κ1) is 24.2. The van der Waals surface area contributed by atoms with Crippen LogP contribution in [0.2, 0.25) is 0 Å². The average Bonchev–Trinajstić information content (AvgIpc) is 3.56. The summed E-state index contributed by atoms with van der Waals surface area (Å²) in [5.41, 5.74) is 6.80. The fourth-order valence-electron chi connectivity index (χ4n) is 6.30. The monoisotopic (exact) mass is 534 g/mol. The largest absolute Gasteiger partial charge is 0.368 e. The second kappa shape index (κ2) is 10.1. The van der Waals surface area contributed by atoms with Crippen molar-refractivity contribution in [1.82, 2.24) is 14.8 Å². The lowest BCUT2D eigenvalue weighted by atomic mass is 9.87. The Balaban J connectivity index is 1.05. The van der Waals surface area contributed by atoms with Gasteiger partial charge >= 0.3 is 0 Å². The molecule has 3 aliphatic rings. The number of thiazole rings is 1. The number of benzene rings is 3. The molecule has 6 nitrogen and oxygen atoms in total. The van der Waals surface area contributed by atoms with E-state index in [9.17, 15) is 9.59 Å². The summed E-state index contributed by atoms with van der Waals surface area (Å²) in [6, 6.07) is 25.0. The summed E-state index contributed by atoms with van der Waals surface area (Å²) in [5, 5.41) is 2.74. The second-order valence-electron chi connectivity index (χ2n) is 10.6. The number of amides is 2. The van der Waals surface area contributed by atoms with Crippen LogP contribution in [-0.2, 0) is 19.4 Å². The van der Waals surface area contributed by atoms with E-state index in [1.54, 1.807) is 6.07 Å². The van der Waals surface area contributed by atoms with Gasteiger partial charge in [-0.3, -0.25) is 19.4 Å². The number of aromatic nitrogens is 1. The molecule has 0 saturated carbocycles. The average molecular weight is 535 g/mol. The molecule has 0 N–H and O–H groups in total. The lowest BCUT2D eigenvalue weighted by molar-refractivity contribution is 0.0642. The Morgan fingerprint density at radius 1 is 0.821 bits per heavy atom. The number of piperazine rings is 1. The van der Waals surface area contributed by atoms with E-state index < -0.39 is 0 Å². The molecule has 196 valence electrons. The van der Waals surface area contributed by atoms with Gasteiger partial charge in [0.25, 0.3) is 11.8 Å². The molecule has 3 heterocycles. The van der Waals surface area contributed by atoms with E-state index in [-0.39, 0.29) is 18.4 Å². The predicted octanol–water partition coefficient (Wildman–Crippen LogP) is 5.29. The summed E-state index contributed by atoms with van der Waals surface area (Å²) in [7, 11) is 0. The number of hydrogen-bond donors (Lipinski definition) is 0. The van der Waals surface area contributed by atoms with E-state index in [0.717, 1.165) is 61.0 Å². The van der Waals surface area contributed by atoms with E-state index in [4.69, 9.17) is 4.98 Å². The first-order valence-electron chi connectivity index (χ1n) is 13.7. The summed E-state index contributed by atoms with van der Waals surface area (Å²) in [6.45, 7) is 3.82. The lowest BCUT2D eigenvalue weighted by Crippen LogP contribution is -2.52. The highest BCUT2D eigenvalue weighted by Crippen LogP contribution is 2.34. The number of fused-ring (bicyclic) bond motifs is 2. The molecule has 7 heteroatoms. The number of hydrogen-bond acceptors (Lipinski definition) is 6. The Morgan fingerprint density at radius 3 is 2.41 bits per heavy atom. The summed E-state index contributed by atoms with van der Waals surface area (Å²) >= 11 is 1.48. The summed E-state index contributed by atoms with van der Waals surface area (Å²) in [4.78, 5) is 37.9. The van der Waals surface area contributed by atoms with Crippen LogP contribution in [0.3, 0.4) is 0 Å².